The van der Waals surface area contributed by atoms with Crippen molar-refractivity contribution in [2.24, 2.45) is 0 Å². The third-order valence-corrected chi connectivity index (χ3v) is 17.8. The molecule has 6 atom stereocenters. The van der Waals surface area contributed by atoms with E-state index >= 15 is 0 Å². The lowest BCUT2D eigenvalue weighted by Crippen LogP contribution is -2.18. The first kappa shape index (κ1) is 55.8. The highest BCUT2D eigenvalue weighted by molar-refractivity contribution is 7.50. The Hall–Kier alpha value is -8.54. The van der Waals surface area contributed by atoms with Crippen molar-refractivity contribution in [2.45, 2.75) is 70.6 Å². The van der Waals surface area contributed by atoms with E-state index in [1.807, 2.05) is 72.8 Å². The molecule has 0 saturated heterocycles. The quantitative estimate of drug-likeness (QED) is 0.0620. The lowest BCUT2D eigenvalue weighted by molar-refractivity contribution is 0.296. The Balaban J connectivity index is 0.796. The summed E-state index contributed by atoms with van der Waals surface area (Å²) >= 11 is 0. The molecule has 0 fully saturated rings. The maximum atomic E-state index is 14.6. The maximum absolute atomic E-state index is 14.6. The molecule has 408 valence electrons. The Labute approximate surface area is 477 Å². The van der Waals surface area contributed by atoms with E-state index in [2.05, 4.69) is 139 Å². The van der Waals surface area contributed by atoms with Gasteiger partial charge >= 0.3 is 15.6 Å². The molecule has 10 aromatic rings. The molecule has 10 heteroatoms. The van der Waals surface area contributed by atoms with Gasteiger partial charge in [-0.1, -0.05) is 236 Å². The van der Waals surface area contributed by atoms with Crippen LogP contribution in [0.5, 0.6) is 34.5 Å². The Morgan fingerprint density at radius 3 is 0.654 bits per heavy atom. The Morgan fingerprint density at radius 2 is 0.420 bits per heavy atom. The highest BCUT2D eigenvalue weighted by Gasteiger charge is 2.35. The van der Waals surface area contributed by atoms with E-state index in [1.165, 1.54) is 33.4 Å². The lowest BCUT2D eigenvalue weighted by Gasteiger charge is -2.27. The van der Waals surface area contributed by atoms with E-state index in [-0.39, 0.29) is 23.7 Å². The van der Waals surface area contributed by atoms with Crippen LogP contribution in [0.4, 0.5) is 0 Å². The van der Waals surface area contributed by atoms with Crippen molar-refractivity contribution >= 4 is 15.6 Å². The smallest absolute Gasteiger partial charge is 0.386 e. The maximum Gasteiger partial charge on any atom is 0.647 e. The molecule has 10 rings (SSSR count). The van der Waals surface area contributed by atoms with Gasteiger partial charge in [0.1, 0.15) is 34.5 Å². The van der Waals surface area contributed by atoms with Gasteiger partial charge in [-0.2, -0.15) is 9.13 Å². The van der Waals surface area contributed by atoms with Gasteiger partial charge in [0.25, 0.3) is 0 Å². The minimum absolute atomic E-state index is 0.103. The number of rotatable bonds is 22. The van der Waals surface area contributed by atoms with Crippen LogP contribution in [0.3, 0.4) is 0 Å². The summed E-state index contributed by atoms with van der Waals surface area (Å²) < 4.78 is 65.8. The van der Waals surface area contributed by atoms with Crippen molar-refractivity contribution in [1.29, 1.82) is 0 Å². The second-order valence-corrected chi connectivity index (χ2v) is 23.8. The minimum Gasteiger partial charge on any atom is -0.386 e. The van der Waals surface area contributed by atoms with Gasteiger partial charge in [-0.15, -0.1) is 0 Å². The first-order valence-corrected chi connectivity index (χ1v) is 30.3. The fraction of sp³-hybridized carbons (Fsp3) is 0.155. The highest BCUT2D eigenvalue weighted by atomic mass is 31.2. The zero-order valence-electron chi connectivity index (χ0n) is 46.4. The second kappa shape index (κ2) is 24.9. The third kappa shape index (κ3) is 13.9. The molecule has 8 nitrogen and oxygen atoms in total. The van der Waals surface area contributed by atoms with Crippen molar-refractivity contribution in [1.82, 2.24) is 0 Å². The molecule has 0 radical (unpaired) electrons. The van der Waals surface area contributed by atoms with E-state index in [1.54, 1.807) is 97.1 Å². The average molecular weight is 1110 g/mol. The van der Waals surface area contributed by atoms with Gasteiger partial charge in [-0.25, -0.2) is 0 Å². The normalized spacial score (nSPS) is 14.4. The molecule has 0 aromatic heterocycles. The molecule has 6 unspecified atom stereocenters. The van der Waals surface area contributed by atoms with Crippen LogP contribution in [0.15, 0.2) is 267 Å². The molecule has 0 spiro atoms. The summed E-state index contributed by atoms with van der Waals surface area (Å²) in [6, 6.07) is 86.0. The number of phosphoric acid groups is 2. The van der Waals surface area contributed by atoms with E-state index < -0.39 is 21.1 Å². The number of phosphoric ester groups is 2. The predicted octanol–water partition coefficient (Wildman–Crippen LogP) is 19.9. The van der Waals surface area contributed by atoms with E-state index in [4.69, 9.17) is 27.1 Å². The lowest BCUT2D eigenvalue weighted by atomic mass is 9.78. The molecule has 0 aliphatic rings. The summed E-state index contributed by atoms with van der Waals surface area (Å²) in [5.41, 5.74) is 11.0. The Bertz CT molecular complexity index is 3450. The first-order valence-electron chi connectivity index (χ1n) is 27.4. The molecule has 0 saturated carbocycles. The molecule has 0 heterocycles. The fourth-order valence-electron chi connectivity index (χ4n) is 9.92. The molecular formula is C71H66O8P2. The van der Waals surface area contributed by atoms with Crippen molar-refractivity contribution < 1.29 is 36.3 Å². The Morgan fingerprint density at radius 1 is 0.247 bits per heavy atom. The van der Waals surface area contributed by atoms with Gasteiger partial charge in [0.05, 0.1) is 0 Å². The van der Waals surface area contributed by atoms with Crippen LogP contribution in [-0.4, -0.2) is 0 Å². The largest absolute Gasteiger partial charge is 0.647 e. The van der Waals surface area contributed by atoms with Crippen LogP contribution in [0.1, 0.15) is 121 Å². The molecule has 10 aromatic carbocycles. The first-order chi connectivity index (χ1) is 39.2. The van der Waals surface area contributed by atoms with Gasteiger partial charge in [0, 0.05) is 29.1 Å². The molecule has 0 aliphatic carbocycles. The molecule has 81 heavy (non-hydrogen) atoms. The SMILES string of the molecule is CC(c1ccccc1)c1ccc(C(C)c2ccc(OP(=O)(Oc3ccccc3)Oc3ccc(C(C)(C)c4ccc(OP(=O)(Oc5ccccc5)Oc5ccc(C(C)c6ccc(C(C)c7ccccc7)cc6)cc5)cc4)cc3)cc2)cc1. The molecular weight excluding hydrogens is 1040 g/mol. The highest BCUT2D eigenvalue weighted by Crippen LogP contribution is 2.52. The topological polar surface area (TPSA) is 89.5 Å². The van der Waals surface area contributed by atoms with Gasteiger partial charge in [0.2, 0.25) is 0 Å². The monoisotopic (exact) mass is 1110 g/mol. The fourth-order valence-corrected chi connectivity index (χ4v) is 12.4. The molecule has 0 amide bonds. The second-order valence-electron chi connectivity index (χ2n) is 20.9. The molecule has 0 N–H and O–H groups in total. The zero-order valence-corrected chi connectivity index (χ0v) is 48.2. The van der Waals surface area contributed by atoms with Crippen LogP contribution < -0.4 is 27.1 Å². The summed E-state index contributed by atoms with van der Waals surface area (Å²) in [4.78, 5) is 0. The predicted molar refractivity (Wildman–Crippen MR) is 326 cm³/mol. The standard InChI is InChI=1S/C71H66O8P2/c1-51(55-19-11-7-12-20-55)57-27-31-59(32-28-57)53(3)61-35-43-67(44-36-61)76-80(72,74-65-23-15-9-16-24-65)78-69-47-39-63(40-48-69)71(5,6)64-41-49-70(50-42-64)79-81(73,75-66-25-17-10-18-26-66)77-68-45-37-62(38-46-68)54(4)60-33-29-58(30-34-60)52(2)56-21-13-8-14-22-56/h7-54H,1-6H3. The third-order valence-electron chi connectivity index (χ3n) is 15.2. The molecule has 0 bridgehead atoms. The van der Waals surface area contributed by atoms with Crippen LogP contribution in [0.2, 0.25) is 0 Å². The van der Waals surface area contributed by atoms with E-state index in [0.29, 0.717) is 34.5 Å². The van der Waals surface area contributed by atoms with Crippen LogP contribution in [-0.2, 0) is 14.5 Å². The summed E-state index contributed by atoms with van der Waals surface area (Å²) in [5.74, 6) is 2.71. The minimum atomic E-state index is -4.29. The number of benzene rings is 10. The Kier molecular flexibility index (Phi) is 17.1. The van der Waals surface area contributed by atoms with Gasteiger partial charge in [0.15, 0.2) is 0 Å². The van der Waals surface area contributed by atoms with Crippen molar-refractivity contribution in [2.75, 3.05) is 0 Å². The van der Waals surface area contributed by atoms with Crippen molar-refractivity contribution in [3.63, 3.8) is 0 Å². The van der Waals surface area contributed by atoms with Crippen molar-refractivity contribution in [3.05, 3.63) is 323 Å². The van der Waals surface area contributed by atoms with E-state index in [9.17, 15) is 9.13 Å². The average Bonchev–Trinajstić information content (AvgIpc) is 3.61. The van der Waals surface area contributed by atoms with Crippen LogP contribution in [0, 0.1) is 0 Å². The zero-order chi connectivity index (χ0) is 56.4. The van der Waals surface area contributed by atoms with Crippen LogP contribution >= 0.6 is 15.6 Å². The molecule has 0 aliphatic heterocycles. The van der Waals surface area contributed by atoms with Gasteiger partial charge in [-0.05, 0) is 128 Å². The number of para-hydroxylation sites is 2. The van der Waals surface area contributed by atoms with Gasteiger partial charge in [-0.3, -0.25) is 0 Å². The number of hydrogen-bond acceptors (Lipinski definition) is 8. The number of hydrogen-bond donors (Lipinski definition) is 0. The summed E-state index contributed by atoms with van der Waals surface area (Å²) in [5, 5.41) is 0. The van der Waals surface area contributed by atoms with Crippen molar-refractivity contribution in [3.8, 4) is 34.5 Å². The van der Waals surface area contributed by atoms with Gasteiger partial charge < -0.3 is 27.1 Å². The summed E-state index contributed by atoms with van der Waals surface area (Å²) in [6.45, 7) is 13.0. The van der Waals surface area contributed by atoms with Crippen LogP contribution in [0.25, 0.3) is 0 Å². The van der Waals surface area contributed by atoms with E-state index in [0.717, 1.165) is 22.3 Å². The summed E-state index contributed by atoms with van der Waals surface area (Å²) in [7, 11) is -8.58. The summed E-state index contributed by atoms with van der Waals surface area (Å²) in [6.07, 6.45) is 0.